The first-order valence-corrected chi connectivity index (χ1v) is 7.22. The van der Waals surface area contributed by atoms with Crippen LogP contribution in [0.3, 0.4) is 0 Å². The van der Waals surface area contributed by atoms with E-state index in [1.165, 1.54) is 53.2 Å². The Morgan fingerprint density at radius 1 is 1.08 bits per heavy atom. The van der Waals surface area contributed by atoms with Crippen LogP contribution in [0.25, 0.3) is 5.69 Å². The lowest BCUT2D eigenvalue weighted by atomic mass is 10.3. The number of ether oxygens (including phenoxy) is 2. The van der Waals surface area contributed by atoms with E-state index in [1.807, 2.05) is 0 Å². The van der Waals surface area contributed by atoms with E-state index in [2.05, 4.69) is 20.3 Å². The van der Waals surface area contributed by atoms with Crippen LogP contribution in [0.4, 0.5) is 14.5 Å². The smallest absolute Gasteiger partial charge is 0.387 e. The molecule has 1 heterocycles. The number of nitro groups is 1. The normalized spacial score (nSPS) is 10.7. The van der Waals surface area contributed by atoms with Crippen molar-refractivity contribution in [1.82, 2.24) is 20.2 Å². The molecule has 0 unspecified atom stereocenters. The van der Waals surface area contributed by atoms with Crippen molar-refractivity contribution in [2.45, 2.75) is 13.2 Å². The summed E-state index contributed by atoms with van der Waals surface area (Å²) in [5.41, 5.74) is 0.479. The first kappa shape index (κ1) is 17.2. The maximum absolute atomic E-state index is 12.2. The van der Waals surface area contributed by atoms with Gasteiger partial charge in [-0.25, -0.2) is 0 Å². The monoisotopic (exact) mass is 363 g/mol. The van der Waals surface area contributed by atoms with Crippen LogP contribution in [-0.2, 0) is 6.61 Å². The van der Waals surface area contributed by atoms with Gasteiger partial charge in [0.05, 0.1) is 10.6 Å². The lowest BCUT2D eigenvalue weighted by Crippen LogP contribution is -2.07. The van der Waals surface area contributed by atoms with E-state index in [9.17, 15) is 18.9 Å². The molecule has 9 nitrogen and oxygen atoms in total. The number of hydrogen-bond acceptors (Lipinski definition) is 7. The minimum absolute atomic E-state index is 0.0000957. The van der Waals surface area contributed by atoms with E-state index < -0.39 is 11.5 Å². The van der Waals surface area contributed by atoms with Gasteiger partial charge in [-0.15, -0.1) is 5.10 Å². The predicted octanol–water partition coefficient (Wildman–Crippen LogP) is 2.75. The summed E-state index contributed by atoms with van der Waals surface area (Å²) in [6.45, 7) is -2.90. The SMILES string of the molecule is O=[N+]([O-])c1ccc(OCc2nnnn2-c2ccc(OC(F)F)cc2)cc1. The second-order valence-corrected chi connectivity index (χ2v) is 4.92. The number of rotatable bonds is 7. The Balaban J connectivity index is 1.69. The third-order valence-corrected chi connectivity index (χ3v) is 3.26. The van der Waals surface area contributed by atoms with Gasteiger partial charge in [-0.05, 0) is 46.8 Å². The summed E-state index contributed by atoms with van der Waals surface area (Å²) in [5.74, 6) is 0.775. The van der Waals surface area contributed by atoms with E-state index in [4.69, 9.17) is 4.74 Å². The highest BCUT2D eigenvalue weighted by Crippen LogP contribution is 2.20. The largest absolute Gasteiger partial charge is 0.486 e. The van der Waals surface area contributed by atoms with Gasteiger partial charge in [0, 0.05) is 12.1 Å². The number of non-ortho nitro benzene ring substituents is 1. The number of nitrogens with zero attached hydrogens (tertiary/aromatic N) is 5. The number of benzene rings is 2. The molecule has 0 saturated carbocycles. The molecular weight excluding hydrogens is 352 g/mol. The summed E-state index contributed by atoms with van der Waals surface area (Å²) < 4.78 is 35.5. The van der Waals surface area contributed by atoms with Crippen LogP contribution in [0.5, 0.6) is 11.5 Å². The zero-order valence-electron chi connectivity index (χ0n) is 13.0. The Kier molecular flexibility index (Phi) is 4.97. The Hall–Kier alpha value is -3.63. The summed E-state index contributed by atoms with van der Waals surface area (Å²) in [5, 5.41) is 21.9. The quantitative estimate of drug-likeness (QED) is 0.469. The molecule has 0 bridgehead atoms. The summed E-state index contributed by atoms with van der Waals surface area (Å²) in [7, 11) is 0. The standard InChI is InChI=1S/C15H11F2N5O4/c16-15(17)26-13-7-1-10(2-8-13)21-14(18-19-20-21)9-25-12-5-3-11(4-6-12)22(23)24/h1-8,15H,9H2. The van der Waals surface area contributed by atoms with E-state index in [-0.39, 0.29) is 18.0 Å². The lowest BCUT2D eigenvalue weighted by Gasteiger charge is -2.08. The van der Waals surface area contributed by atoms with Gasteiger partial charge in [0.15, 0.2) is 5.82 Å². The zero-order chi connectivity index (χ0) is 18.5. The maximum atomic E-state index is 12.2. The number of nitro benzene ring substituents is 1. The van der Waals surface area contributed by atoms with Gasteiger partial charge >= 0.3 is 6.61 Å². The minimum atomic E-state index is -2.90. The molecule has 0 aliphatic heterocycles. The first-order chi connectivity index (χ1) is 12.5. The van der Waals surface area contributed by atoms with Crippen LogP contribution in [0.2, 0.25) is 0 Å². The third-order valence-electron chi connectivity index (χ3n) is 3.26. The first-order valence-electron chi connectivity index (χ1n) is 7.22. The van der Waals surface area contributed by atoms with E-state index in [0.717, 1.165) is 0 Å². The number of halogens is 2. The van der Waals surface area contributed by atoms with Gasteiger partial charge in [-0.1, -0.05) is 0 Å². The molecule has 0 radical (unpaired) electrons. The lowest BCUT2D eigenvalue weighted by molar-refractivity contribution is -0.384. The highest BCUT2D eigenvalue weighted by molar-refractivity contribution is 5.37. The summed E-state index contributed by atoms with van der Waals surface area (Å²) in [4.78, 5) is 10.1. The molecule has 0 N–H and O–H groups in total. The molecule has 0 aliphatic carbocycles. The van der Waals surface area contributed by atoms with Gasteiger partial charge in [0.2, 0.25) is 0 Å². The molecule has 0 fully saturated rings. The maximum Gasteiger partial charge on any atom is 0.387 e. The third kappa shape index (κ3) is 4.06. The Bertz CT molecular complexity index is 884. The van der Waals surface area contributed by atoms with Crippen molar-refractivity contribution >= 4 is 5.69 Å². The van der Waals surface area contributed by atoms with Crippen LogP contribution in [0, 0.1) is 10.1 Å². The highest BCUT2D eigenvalue weighted by Gasteiger charge is 2.11. The molecule has 0 aliphatic rings. The fourth-order valence-electron chi connectivity index (χ4n) is 2.08. The van der Waals surface area contributed by atoms with Crippen LogP contribution in [0.15, 0.2) is 48.5 Å². The van der Waals surface area contributed by atoms with Crippen molar-refractivity contribution in [3.63, 3.8) is 0 Å². The Morgan fingerprint density at radius 2 is 1.73 bits per heavy atom. The molecule has 134 valence electrons. The second-order valence-electron chi connectivity index (χ2n) is 4.92. The number of hydrogen-bond donors (Lipinski definition) is 0. The fraction of sp³-hybridized carbons (Fsp3) is 0.133. The second kappa shape index (κ2) is 7.51. The molecule has 0 saturated heterocycles. The van der Waals surface area contributed by atoms with Crippen molar-refractivity contribution in [3.8, 4) is 17.2 Å². The van der Waals surface area contributed by atoms with Gasteiger partial charge in [-0.2, -0.15) is 13.5 Å². The molecule has 0 atom stereocenters. The predicted molar refractivity (Wildman–Crippen MR) is 83.2 cm³/mol. The van der Waals surface area contributed by atoms with Crippen molar-refractivity contribution in [2.24, 2.45) is 0 Å². The van der Waals surface area contributed by atoms with Crippen molar-refractivity contribution in [1.29, 1.82) is 0 Å². The fourth-order valence-corrected chi connectivity index (χ4v) is 2.08. The van der Waals surface area contributed by atoms with E-state index >= 15 is 0 Å². The van der Waals surface area contributed by atoms with Crippen LogP contribution in [-0.4, -0.2) is 31.7 Å². The topological polar surface area (TPSA) is 105 Å². The minimum Gasteiger partial charge on any atom is -0.486 e. The van der Waals surface area contributed by atoms with E-state index in [1.54, 1.807) is 0 Å². The molecular formula is C15H11F2N5O4. The molecule has 1 aromatic heterocycles. The van der Waals surface area contributed by atoms with Gasteiger partial charge < -0.3 is 9.47 Å². The highest BCUT2D eigenvalue weighted by atomic mass is 19.3. The van der Waals surface area contributed by atoms with Gasteiger partial charge in [0.25, 0.3) is 5.69 Å². The molecule has 11 heteroatoms. The van der Waals surface area contributed by atoms with Gasteiger partial charge in [0.1, 0.15) is 18.1 Å². The van der Waals surface area contributed by atoms with Gasteiger partial charge in [-0.3, -0.25) is 10.1 Å². The average Bonchev–Trinajstić information content (AvgIpc) is 3.09. The van der Waals surface area contributed by atoms with Crippen molar-refractivity contribution in [3.05, 3.63) is 64.5 Å². The summed E-state index contributed by atoms with van der Waals surface area (Å²) >= 11 is 0. The summed E-state index contributed by atoms with van der Waals surface area (Å²) in [6.07, 6.45) is 0. The van der Waals surface area contributed by atoms with Crippen LogP contribution in [0.1, 0.15) is 5.82 Å². The molecule has 26 heavy (non-hydrogen) atoms. The molecule has 3 rings (SSSR count). The molecule has 0 spiro atoms. The van der Waals surface area contributed by atoms with E-state index in [0.29, 0.717) is 17.3 Å². The van der Waals surface area contributed by atoms with Crippen molar-refractivity contribution < 1.29 is 23.2 Å². The average molecular weight is 363 g/mol. The number of tetrazole rings is 1. The van der Waals surface area contributed by atoms with Crippen LogP contribution >= 0.6 is 0 Å². The molecule has 3 aromatic rings. The van der Waals surface area contributed by atoms with Crippen molar-refractivity contribution in [2.75, 3.05) is 0 Å². The summed E-state index contributed by atoms with van der Waals surface area (Å²) in [6, 6.07) is 11.3. The Morgan fingerprint density at radius 3 is 2.35 bits per heavy atom. The molecule has 0 amide bonds. The number of aromatic nitrogens is 4. The zero-order valence-corrected chi connectivity index (χ0v) is 13.0. The Labute approximate surface area is 144 Å². The van der Waals surface area contributed by atoms with Crippen LogP contribution < -0.4 is 9.47 Å². The molecule has 2 aromatic carbocycles. The number of alkyl halides is 2.